The van der Waals surface area contributed by atoms with Gasteiger partial charge in [0.25, 0.3) is 0 Å². The van der Waals surface area contributed by atoms with Crippen LogP contribution in [0.1, 0.15) is 144 Å². The molecular formula is C27H54O2. The van der Waals surface area contributed by atoms with Crippen LogP contribution in [0.25, 0.3) is 0 Å². The largest absolute Gasteiger partial charge is 0.481 e. The van der Waals surface area contributed by atoms with Gasteiger partial charge in [-0.1, -0.05) is 131 Å². The van der Waals surface area contributed by atoms with Gasteiger partial charge in [-0.2, -0.15) is 0 Å². The Morgan fingerprint density at radius 2 is 1.17 bits per heavy atom. The lowest BCUT2D eigenvalue weighted by molar-refractivity contribution is -0.144. The highest BCUT2D eigenvalue weighted by Gasteiger charge is 2.27. The molecule has 0 aliphatic rings. The van der Waals surface area contributed by atoms with Crippen LogP contribution in [-0.4, -0.2) is 11.1 Å². The van der Waals surface area contributed by atoms with E-state index in [9.17, 15) is 9.90 Å². The van der Waals surface area contributed by atoms with Gasteiger partial charge in [0.05, 0.1) is 5.92 Å². The summed E-state index contributed by atoms with van der Waals surface area (Å²) in [6.45, 7) is 11.3. The van der Waals surface area contributed by atoms with Crippen LogP contribution in [-0.2, 0) is 4.79 Å². The Labute approximate surface area is 183 Å². The first-order valence-electron chi connectivity index (χ1n) is 13.1. The second-order valence-corrected chi connectivity index (χ2v) is 10.1. The highest BCUT2D eigenvalue weighted by atomic mass is 16.4. The fourth-order valence-corrected chi connectivity index (χ4v) is 4.67. The van der Waals surface area contributed by atoms with Crippen molar-refractivity contribution < 1.29 is 9.90 Å². The average Bonchev–Trinajstić information content (AvgIpc) is 2.67. The Bertz CT molecular complexity index is 364. The van der Waals surface area contributed by atoms with E-state index in [0.717, 1.165) is 18.8 Å². The molecule has 0 aliphatic heterocycles. The van der Waals surface area contributed by atoms with Crippen LogP contribution in [0.5, 0.6) is 0 Å². The van der Waals surface area contributed by atoms with E-state index in [2.05, 4.69) is 34.6 Å². The second-order valence-electron chi connectivity index (χ2n) is 10.1. The van der Waals surface area contributed by atoms with E-state index in [1.165, 1.54) is 96.3 Å². The highest BCUT2D eigenvalue weighted by Crippen LogP contribution is 2.30. The van der Waals surface area contributed by atoms with E-state index in [1.54, 1.807) is 0 Å². The molecule has 2 nitrogen and oxygen atoms in total. The van der Waals surface area contributed by atoms with Gasteiger partial charge in [-0.25, -0.2) is 0 Å². The van der Waals surface area contributed by atoms with E-state index < -0.39 is 5.97 Å². The van der Waals surface area contributed by atoms with Crippen molar-refractivity contribution in [2.75, 3.05) is 0 Å². The lowest BCUT2D eigenvalue weighted by Crippen LogP contribution is -2.25. The van der Waals surface area contributed by atoms with Gasteiger partial charge >= 0.3 is 5.97 Å². The van der Waals surface area contributed by atoms with E-state index in [4.69, 9.17) is 0 Å². The van der Waals surface area contributed by atoms with Crippen molar-refractivity contribution in [3.8, 4) is 0 Å². The molecule has 0 radical (unpaired) electrons. The van der Waals surface area contributed by atoms with Gasteiger partial charge in [0.1, 0.15) is 0 Å². The zero-order chi connectivity index (χ0) is 21.9. The number of hydrogen-bond donors (Lipinski definition) is 1. The molecule has 0 amide bonds. The number of hydrogen-bond acceptors (Lipinski definition) is 1. The zero-order valence-corrected chi connectivity index (χ0v) is 20.7. The molecule has 2 heteroatoms. The molecule has 174 valence electrons. The lowest BCUT2D eigenvalue weighted by Gasteiger charge is -2.25. The first-order chi connectivity index (χ1) is 13.9. The Morgan fingerprint density at radius 3 is 1.62 bits per heavy atom. The Morgan fingerprint density at radius 1 is 0.655 bits per heavy atom. The monoisotopic (exact) mass is 410 g/mol. The quantitative estimate of drug-likeness (QED) is 0.191. The maximum Gasteiger partial charge on any atom is 0.306 e. The minimum Gasteiger partial charge on any atom is -0.481 e. The normalized spacial score (nSPS) is 14.8. The molecule has 0 fully saturated rings. The van der Waals surface area contributed by atoms with Crippen LogP contribution in [0, 0.1) is 23.7 Å². The lowest BCUT2D eigenvalue weighted by atomic mass is 9.80. The van der Waals surface area contributed by atoms with E-state index in [1.807, 2.05) is 0 Å². The predicted octanol–water partition coefficient (Wildman–Crippen LogP) is 9.27. The van der Waals surface area contributed by atoms with Crippen LogP contribution in [0.15, 0.2) is 0 Å². The zero-order valence-electron chi connectivity index (χ0n) is 20.7. The molecule has 0 aromatic heterocycles. The smallest absolute Gasteiger partial charge is 0.306 e. The summed E-state index contributed by atoms with van der Waals surface area (Å²) in [6, 6.07) is 0. The number of carboxylic acids is 1. The van der Waals surface area contributed by atoms with Gasteiger partial charge in [0.2, 0.25) is 0 Å². The summed E-state index contributed by atoms with van der Waals surface area (Å²) in [5.41, 5.74) is 0. The third kappa shape index (κ3) is 16.9. The molecule has 1 N–H and O–H groups in total. The molecule has 0 saturated heterocycles. The van der Waals surface area contributed by atoms with Crippen LogP contribution >= 0.6 is 0 Å². The SMILES string of the molecule is CCCCC(CCC)CC(C(=O)O)C(C)CCCCCCCCCCCC(C)C. The molecule has 0 aromatic rings. The Kier molecular flexibility index (Phi) is 19.1. The molecular weight excluding hydrogens is 356 g/mol. The van der Waals surface area contributed by atoms with Crippen LogP contribution in [0.3, 0.4) is 0 Å². The van der Waals surface area contributed by atoms with Gasteiger partial charge in [-0.3, -0.25) is 4.79 Å². The van der Waals surface area contributed by atoms with Crippen LogP contribution < -0.4 is 0 Å². The van der Waals surface area contributed by atoms with Crippen LogP contribution in [0.2, 0.25) is 0 Å². The predicted molar refractivity (Wildman–Crippen MR) is 128 cm³/mol. The molecule has 0 spiro atoms. The Balaban J connectivity index is 3.92. The molecule has 3 unspecified atom stereocenters. The minimum absolute atomic E-state index is 0.144. The van der Waals surface area contributed by atoms with Gasteiger partial charge in [0.15, 0.2) is 0 Å². The van der Waals surface area contributed by atoms with E-state index in [-0.39, 0.29) is 5.92 Å². The second kappa shape index (κ2) is 19.4. The number of carboxylic acid groups (broad SMARTS) is 1. The maximum absolute atomic E-state index is 11.9. The van der Waals surface area contributed by atoms with Crippen molar-refractivity contribution in [3.63, 3.8) is 0 Å². The number of carbonyl (C=O) groups is 1. The first kappa shape index (κ1) is 28.5. The van der Waals surface area contributed by atoms with Gasteiger partial charge in [-0.05, 0) is 30.6 Å². The maximum atomic E-state index is 11.9. The van der Waals surface area contributed by atoms with E-state index in [0.29, 0.717) is 11.8 Å². The summed E-state index contributed by atoms with van der Waals surface area (Å²) in [4.78, 5) is 11.9. The van der Waals surface area contributed by atoms with Crippen molar-refractivity contribution in [2.24, 2.45) is 23.7 Å². The third-order valence-electron chi connectivity index (χ3n) is 6.70. The van der Waals surface area contributed by atoms with Gasteiger partial charge in [-0.15, -0.1) is 0 Å². The molecule has 0 bridgehead atoms. The average molecular weight is 411 g/mol. The minimum atomic E-state index is -0.562. The van der Waals surface area contributed by atoms with E-state index >= 15 is 0 Å². The number of rotatable bonds is 21. The standard InChI is InChI=1S/C27H54O2/c1-6-8-21-25(18-7-2)22-26(27(28)29)24(5)20-17-15-13-11-9-10-12-14-16-19-23(3)4/h23-26H,6-22H2,1-5H3,(H,28,29). The number of unbranched alkanes of at least 4 members (excludes halogenated alkanes) is 9. The fraction of sp³-hybridized carbons (Fsp3) is 0.963. The van der Waals surface area contributed by atoms with Crippen LogP contribution in [0.4, 0.5) is 0 Å². The van der Waals surface area contributed by atoms with Crippen molar-refractivity contribution in [3.05, 3.63) is 0 Å². The topological polar surface area (TPSA) is 37.3 Å². The molecule has 0 saturated carbocycles. The summed E-state index contributed by atoms with van der Waals surface area (Å²) in [5, 5.41) is 9.78. The third-order valence-corrected chi connectivity index (χ3v) is 6.70. The first-order valence-corrected chi connectivity index (χ1v) is 13.1. The molecule has 0 heterocycles. The number of aliphatic carboxylic acids is 1. The molecule has 3 atom stereocenters. The fourth-order valence-electron chi connectivity index (χ4n) is 4.67. The van der Waals surface area contributed by atoms with Crippen molar-refractivity contribution in [1.29, 1.82) is 0 Å². The highest BCUT2D eigenvalue weighted by molar-refractivity contribution is 5.70. The summed E-state index contributed by atoms with van der Waals surface area (Å²) >= 11 is 0. The van der Waals surface area contributed by atoms with Gasteiger partial charge in [0, 0.05) is 0 Å². The molecule has 29 heavy (non-hydrogen) atoms. The van der Waals surface area contributed by atoms with Gasteiger partial charge < -0.3 is 5.11 Å². The summed E-state index contributed by atoms with van der Waals surface area (Å²) in [5.74, 6) is 1.06. The summed E-state index contributed by atoms with van der Waals surface area (Å²) in [7, 11) is 0. The van der Waals surface area contributed by atoms with Crippen molar-refractivity contribution >= 4 is 5.97 Å². The molecule has 0 aliphatic carbocycles. The molecule has 0 aromatic carbocycles. The summed E-state index contributed by atoms with van der Waals surface area (Å²) in [6.07, 6.45) is 21.5. The molecule has 0 rings (SSSR count). The van der Waals surface area contributed by atoms with Crippen molar-refractivity contribution in [2.45, 2.75) is 144 Å². The summed E-state index contributed by atoms with van der Waals surface area (Å²) < 4.78 is 0. The van der Waals surface area contributed by atoms with Crippen molar-refractivity contribution in [1.82, 2.24) is 0 Å². The Hall–Kier alpha value is -0.530.